The molecular weight excluding hydrogens is 208 g/mol. The Kier molecular flexibility index (Phi) is 4.94. The average Bonchev–Trinajstić information content (AvgIpc) is 2.30. The van der Waals surface area contributed by atoms with E-state index in [1.54, 1.807) is 6.07 Å². The van der Waals surface area contributed by atoms with E-state index in [0.717, 1.165) is 19.0 Å². The maximum Gasteiger partial charge on any atom is 0.162 e. The Morgan fingerprint density at radius 1 is 1.44 bits per heavy atom. The molecule has 0 aliphatic rings. The van der Waals surface area contributed by atoms with Gasteiger partial charge in [0, 0.05) is 6.42 Å². The van der Waals surface area contributed by atoms with Crippen LogP contribution in [0.5, 0.6) is 0 Å². The van der Waals surface area contributed by atoms with E-state index in [4.69, 9.17) is 6.42 Å². The smallest absolute Gasteiger partial charge is 0.162 e. The predicted molar refractivity (Wildman–Crippen MR) is 61.0 cm³/mol. The Balaban J connectivity index is 2.71. The van der Waals surface area contributed by atoms with Crippen LogP contribution >= 0.6 is 0 Å². The van der Waals surface area contributed by atoms with Gasteiger partial charge in [0.05, 0.1) is 6.04 Å². The number of nitrogens with one attached hydrogen (secondary N) is 1. The number of halogens is 2. The first-order chi connectivity index (χ1) is 7.69. The summed E-state index contributed by atoms with van der Waals surface area (Å²) in [4.78, 5) is 0. The molecule has 0 spiro atoms. The van der Waals surface area contributed by atoms with Crippen LogP contribution in [0, 0.1) is 24.0 Å². The highest BCUT2D eigenvalue weighted by Gasteiger charge is 2.11. The van der Waals surface area contributed by atoms with Gasteiger partial charge in [-0.05, 0) is 24.6 Å². The molecule has 1 rings (SSSR count). The summed E-state index contributed by atoms with van der Waals surface area (Å²) in [7, 11) is 0. The van der Waals surface area contributed by atoms with Crippen LogP contribution < -0.4 is 5.32 Å². The van der Waals surface area contributed by atoms with E-state index in [1.807, 2.05) is 6.92 Å². The molecule has 1 aromatic carbocycles. The zero-order chi connectivity index (χ0) is 12.0. The lowest BCUT2D eigenvalue weighted by atomic mass is 10.1. The van der Waals surface area contributed by atoms with Crippen LogP contribution in [0.3, 0.4) is 0 Å². The standard InChI is InChI=1S/C13H15F2N/c1-3-8-16-11(4-2)9-10-6-5-7-12(14)13(10)15/h2,5-7,11,16H,3,8-9H2,1H3. The van der Waals surface area contributed by atoms with Gasteiger partial charge in [-0.25, -0.2) is 8.78 Å². The van der Waals surface area contributed by atoms with Crippen molar-refractivity contribution in [1.29, 1.82) is 0 Å². The lowest BCUT2D eigenvalue weighted by molar-refractivity contribution is 0.491. The van der Waals surface area contributed by atoms with Gasteiger partial charge in [-0.15, -0.1) is 6.42 Å². The Hall–Kier alpha value is -1.40. The van der Waals surface area contributed by atoms with Crippen LogP contribution in [0.2, 0.25) is 0 Å². The van der Waals surface area contributed by atoms with Gasteiger partial charge in [0.2, 0.25) is 0 Å². The van der Waals surface area contributed by atoms with Crippen molar-refractivity contribution in [2.24, 2.45) is 0 Å². The van der Waals surface area contributed by atoms with Crippen molar-refractivity contribution in [3.05, 3.63) is 35.4 Å². The number of hydrogen-bond donors (Lipinski definition) is 1. The number of hydrogen-bond acceptors (Lipinski definition) is 1. The maximum atomic E-state index is 13.3. The third-order valence-corrected chi connectivity index (χ3v) is 2.30. The van der Waals surface area contributed by atoms with Crippen molar-refractivity contribution in [2.75, 3.05) is 6.54 Å². The minimum atomic E-state index is -0.830. The largest absolute Gasteiger partial charge is 0.303 e. The highest BCUT2D eigenvalue weighted by atomic mass is 19.2. The first kappa shape index (κ1) is 12.7. The molecule has 0 heterocycles. The summed E-state index contributed by atoms with van der Waals surface area (Å²) in [5.74, 6) is 0.897. The summed E-state index contributed by atoms with van der Waals surface area (Å²) in [6.45, 7) is 2.79. The average molecular weight is 223 g/mol. The van der Waals surface area contributed by atoms with Crippen molar-refractivity contribution in [3.63, 3.8) is 0 Å². The third kappa shape index (κ3) is 3.32. The molecule has 0 radical (unpaired) electrons. The van der Waals surface area contributed by atoms with Gasteiger partial charge in [-0.1, -0.05) is 25.0 Å². The van der Waals surface area contributed by atoms with Gasteiger partial charge in [-0.2, -0.15) is 0 Å². The zero-order valence-corrected chi connectivity index (χ0v) is 9.26. The van der Waals surface area contributed by atoms with Crippen LogP contribution in [0.1, 0.15) is 18.9 Å². The SMILES string of the molecule is C#CC(Cc1cccc(F)c1F)NCCC. The normalized spacial score (nSPS) is 12.1. The van der Waals surface area contributed by atoms with E-state index in [1.165, 1.54) is 6.07 Å². The Labute approximate surface area is 94.9 Å². The molecule has 1 nitrogen and oxygen atoms in total. The Morgan fingerprint density at radius 3 is 2.81 bits per heavy atom. The molecular formula is C13H15F2N. The van der Waals surface area contributed by atoms with Gasteiger partial charge in [0.25, 0.3) is 0 Å². The molecule has 0 saturated heterocycles. The molecule has 1 unspecified atom stereocenters. The van der Waals surface area contributed by atoms with E-state index < -0.39 is 11.6 Å². The van der Waals surface area contributed by atoms with Gasteiger partial charge >= 0.3 is 0 Å². The minimum absolute atomic E-state index is 0.253. The molecule has 0 fully saturated rings. The molecule has 0 aliphatic heterocycles. The quantitative estimate of drug-likeness (QED) is 0.756. The molecule has 3 heteroatoms. The monoisotopic (exact) mass is 223 g/mol. The first-order valence-corrected chi connectivity index (χ1v) is 5.31. The molecule has 0 saturated carbocycles. The van der Waals surface area contributed by atoms with Gasteiger partial charge in [0.15, 0.2) is 11.6 Å². The molecule has 86 valence electrons. The van der Waals surface area contributed by atoms with Gasteiger partial charge in [-0.3, -0.25) is 0 Å². The summed E-state index contributed by atoms with van der Waals surface area (Å²) in [6, 6.07) is 3.89. The van der Waals surface area contributed by atoms with E-state index in [2.05, 4.69) is 11.2 Å². The lowest BCUT2D eigenvalue weighted by Gasteiger charge is -2.12. The van der Waals surface area contributed by atoms with Crippen molar-refractivity contribution in [2.45, 2.75) is 25.8 Å². The fourth-order valence-corrected chi connectivity index (χ4v) is 1.43. The molecule has 0 aromatic heterocycles. The molecule has 0 amide bonds. The highest BCUT2D eigenvalue weighted by Crippen LogP contribution is 2.13. The molecule has 0 aliphatic carbocycles. The van der Waals surface area contributed by atoms with Gasteiger partial charge in [0.1, 0.15) is 0 Å². The second kappa shape index (κ2) is 6.24. The van der Waals surface area contributed by atoms with E-state index in [-0.39, 0.29) is 6.04 Å². The van der Waals surface area contributed by atoms with Crippen LogP contribution in [-0.2, 0) is 6.42 Å². The Bertz CT molecular complexity index is 382. The number of terminal acetylenes is 1. The summed E-state index contributed by atoms with van der Waals surface area (Å²) < 4.78 is 26.3. The minimum Gasteiger partial charge on any atom is -0.303 e. The first-order valence-electron chi connectivity index (χ1n) is 5.31. The highest BCUT2D eigenvalue weighted by molar-refractivity contribution is 5.22. The van der Waals surface area contributed by atoms with Crippen LogP contribution in [0.4, 0.5) is 8.78 Å². The van der Waals surface area contributed by atoms with Crippen molar-refractivity contribution >= 4 is 0 Å². The third-order valence-electron chi connectivity index (χ3n) is 2.30. The number of benzene rings is 1. The summed E-state index contributed by atoms with van der Waals surface area (Å²) >= 11 is 0. The summed E-state index contributed by atoms with van der Waals surface area (Å²) in [5, 5.41) is 3.09. The molecule has 16 heavy (non-hydrogen) atoms. The van der Waals surface area contributed by atoms with Crippen molar-refractivity contribution in [1.82, 2.24) is 5.32 Å². The van der Waals surface area contributed by atoms with Gasteiger partial charge < -0.3 is 5.32 Å². The fraction of sp³-hybridized carbons (Fsp3) is 0.385. The van der Waals surface area contributed by atoms with Crippen LogP contribution in [-0.4, -0.2) is 12.6 Å². The predicted octanol–water partition coefficient (Wildman–Crippen LogP) is 2.51. The molecule has 1 aromatic rings. The maximum absolute atomic E-state index is 13.3. The topological polar surface area (TPSA) is 12.0 Å². The fourth-order valence-electron chi connectivity index (χ4n) is 1.43. The zero-order valence-electron chi connectivity index (χ0n) is 9.26. The second-order valence-corrected chi connectivity index (χ2v) is 3.59. The Morgan fingerprint density at radius 2 is 2.19 bits per heavy atom. The van der Waals surface area contributed by atoms with Crippen molar-refractivity contribution in [3.8, 4) is 12.3 Å². The number of rotatable bonds is 5. The van der Waals surface area contributed by atoms with Crippen LogP contribution in [0.15, 0.2) is 18.2 Å². The lowest BCUT2D eigenvalue weighted by Crippen LogP contribution is -2.30. The van der Waals surface area contributed by atoms with E-state index >= 15 is 0 Å². The molecule has 1 atom stereocenters. The van der Waals surface area contributed by atoms with E-state index in [9.17, 15) is 8.78 Å². The summed E-state index contributed by atoms with van der Waals surface area (Å²) in [5.41, 5.74) is 0.312. The molecule has 0 bridgehead atoms. The van der Waals surface area contributed by atoms with Crippen LogP contribution in [0.25, 0.3) is 0 Å². The second-order valence-electron chi connectivity index (χ2n) is 3.59. The molecule has 1 N–H and O–H groups in total. The summed E-state index contributed by atoms with van der Waals surface area (Å²) in [6.07, 6.45) is 6.57. The van der Waals surface area contributed by atoms with Crippen molar-refractivity contribution < 1.29 is 8.78 Å². The van der Waals surface area contributed by atoms with E-state index in [0.29, 0.717) is 12.0 Å².